The number of halogens is 2. The Morgan fingerprint density at radius 3 is 2.82 bits per heavy atom. The number of aliphatic hydroxyl groups excluding tert-OH is 1. The van der Waals surface area contributed by atoms with Crippen molar-refractivity contribution in [2.45, 2.75) is 49.8 Å². The second-order valence-corrected chi connectivity index (χ2v) is 8.95. The van der Waals surface area contributed by atoms with Gasteiger partial charge in [-0.2, -0.15) is 9.61 Å². The van der Waals surface area contributed by atoms with Crippen molar-refractivity contribution in [1.29, 1.82) is 0 Å². The summed E-state index contributed by atoms with van der Waals surface area (Å²) in [5, 5.41) is 21.1. The van der Waals surface area contributed by atoms with E-state index in [9.17, 15) is 18.7 Å². The van der Waals surface area contributed by atoms with E-state index in [1.54, 1.807) is 31.6 Å². The zero-order valence-corrected chi connectivity index (χ0v) is 18.4. The summed E-state index contributed by atoms with van der Waals surface area (Å²) in [5.41, 5.74) is 2.21. The predicted molar refractivity (Wildman–Crippen MR) is 121 cm³/mol. The minimum absolute atomic E-state index is 0.221. The SMILES string of the molecule is CNc1cc(-c2cn([C@H]3CC3(F)F)c3ncccc23)nc2c(C(=O)NC3CCC[C@H]3O)cnn12. The number of carbonyl (C=O) groups is 1. The maximum atomic E-state index is 13.9. The number of fused-ring (bicyclic) bond motifs is 2. The van der Waals surface area contributed by atoms with E-state index >= 15 is 0 Å². The van der Waals surface area contributed by atoms with Gasteiger partial charge in [0, 0.05) is 42.9 Å². The number of amides is 1. The smallest absolute Gasteiger partial charge is 0.270 e. The molecule has 0 radical (unpaired) electrons. The molecule has 6 rings (SSSR count). The van der Waals surface area contributed by atoms with Crippen LogP contribution in [0.4, 0.5) is 14.6 Å². The Morgan fingerprint density at radius 1 is 1.29 bits per heavy atom. The van der Waals surface area contributed by atoms with Crippen molar-refractivity contribution >= 4 is 28.4 Å². The van der Waals surface area contributed by atoms with Crippen LogP contribution in [0.3, 0.4) is 0 Å². The Hall–Kier alpha value is -3.60. The van der Waals surface area contributed by atoms with Gasteiger partial charge in [0.05, 0.1) is 24.0 Å². The van der Waals surface area contributed by atoms with Gasteiger partial charge in [-0.3, -0.25) is 4.79 Å². The lowest BCUT2D eigenvalue weighted by molar-refractivity contribution is 0.0874. The fourth-order valence-electron chi connectivity index (χ4n) is 4.82. The van der Waals surface area contributed by atoms with Crippen molar-refractivity contribution in [2.24, 2.45) is 0 Å². The third kappa shape index (κ3) is 3.22. The van der Waals surface area contributed by atoms with Crippen LogP contribution in [0.15, 0.2) is 36.8 Å². The molecule has 0 bridgehead atoms. The van der Waals surface area contributed by atoms with Gasteiger partial charge in [-0.05, 0) is 31.4 Å². The number of rotatable bonds is 5. The highest BCUT2D eigenvalue weighted by molar-refractivity contribution is 6.01. The fraction of sp³-hybridized carbons (Fsp3) is 0.391. The summed E-state index contributed by atoms with van der Waals surface area (Å²) in [6.45, 7) is 0. The third-order valence-electron chi connectivity index (χ3n) is 6.76. The maximum Gasteiger partial charge on any atom is 0.270 e. The van der Waals surface area contributed by atoms with Crippen LogP contribution in [0.5, 0.6) is 0 Å². The van der Waals surface area contributed by atoms with E-state index in [2.05, 4.69) is 20.7 Å². The molecule has 11 heteroatoms. The molecule has 4 aromatic heterocycles. The zero-order valence-electron chi connectivity index (χ0n) is 18.4. The first-order chi connectivity index (χ1) is 16.4. The molecule has 2 aliphatic carbocycles. The summed E-state index contributed by atoms with van der Waals surface area (Å²) in [7, 11) is 1.73. The van der Waals surface area contributed by atoms with Gasteiger partial charge in [0.1, 0.15) is 23.1 Å². The van der Waals surface area contributed by atoms with Crippen molar-refractivity contribution in [3.63, 3.8) is 0 Å². The zero-order chi connectivity index (χ0) is 23.6. The molecule has 0 aromatic carbocycles. The summed E-state index contributed by atoms with van der Waals surface area (Å²) >= 11 is 0. The van der Waals surface area contributed by atoms with Crippen LogP contribution in [0, 0.1) is 0 Å². The van der Waals surface area contributed by atoms with E-state index in [1.165, 1.54) is 15.3 Å². The summed E-state index contributed by atoms with van der Waals surface area (Å²) in [6.07, 6.45) is 6.12. The molecule has 2 saturated carbocycles. The number of hydrogen-bond acceptors (Lipinski definition) is 6. The standard InChI is InChI=1S/C23H23F2N7O2/c1-26-19-8-16(14-11-31(18-9-23(18,24)25)20-12(14)4-3-7-27-20)29-21-13(10-28-32(19)21)22(34)30-15-5-2-6-17(15)33/h3-4,7-8,10-11,15,17-18,26,33H,2,5-6,9H2,1H3,(H,30,34)/t15?,17-,18+/m1/s1. The average Bonchev–Trinajstić information content (AvgIpc) is 3.22. The molecule has 3 atom stereocenters. The molecule has 3 N–H and O–H groups in total. The normalized spacial score (nSPS) is 23.5. The molecule has 176 valence electrons. The van der Waals surface area contributed by atoms with E-state index in [1.807, 2.05) is 6.07 Å². The van der Waals surface area contributed by atoms with Crippen LogP contribution < -0.4 is 10.6 Å². The molecule has 0 aliphatic heterocycles. The van der Waals surface area contributed by atoms with E-state index in [0.717, 1.165) is 6.42 Å². The monoisotopic (exact) mass is 467 g/mol. The molecule has 1 amide bonds. The molecular weight excluding hydrogens is 444 g/mol. The van der Waals surface area contributed by atoms with Crippen LogP contribution in [0.25, 0.3) is 27.9 Å². The van der Waals surface area contributed by atoms with Crippen LogP contribution in [0.1, 0.15) is 42.1 Å². The van der Waals surface area contributed by atoms with Gasteiger partial charge in [0.15, 0.2) is 5.65 Å². The second kappa shape index (κ2) is 7.45. The lowest BCUT2D eigenvalue weighted by Crippen LogP contribution is -2.39. The Balaban J connectivity index is 1.47. The van der Waals surface area contributed by atoms with Crippen LogP contribution in [0.2, 0.25) is 0 Å². The third-order valence-corrected chi connectivity index (χ3v) is 6.76. The number of anilines is 1. The minimum Gasteiger partial charge on any atom is -0.391 e. The number of aromatic nitrogens is 5. The Bertz CT molecular complexity index is 1430. The van der Waals surface area contributed by atoms with Crippen molar-refractivity contribution in [1.82, 2.24) is 29.5 Å². The number of pyridine rings is 1. The fourth-order valence-corrected chi connectivity index (χ4v) is 4.82. The largest absolute Gasteiger partial charge is 0.391 e. The van der Waals surface area contributed by atoms with Crippen molar-refractivity contribution in [3.8, 4) is 11.3 Å². The van der Waals surface area contributed by atoms with Crippen LogP contribution in [-0.4, -0.2) is 60.3 Å². The molecule has 1 unspecified atom stereocenters. The molecule has 2 aliphatic rings. The Morgan fingerprint density at radius 2 is 2.12 bits per heavy atom. The molecule has 4 heterocycles. The van der Waals surface area contributed by atoms with E-state index < -0.39 is 18.1 Å². The lowest BCUT2D eigenvalue weighted by atomic mass is 10.1. The molecule has 4 aromatic rings. The van der Waals surface area contributed by atoms with Gasteiger partial charge in [0.2, 0.25) is 0 Å². The molecule has 9 nitrogen and oxygen atoms in total. The van der Waals surface area contributed by atoms with Gasteiger partial charge < -0.3 is 20.3 Å². The van der Waals surface area contributed by atoms with Crippen molar-refractivity contribution in [3.05, 3.63) is 42.4 Å². The second-order valence-electron chi connectivity index (χ2n) is 8.95. The molecule has 0 spiro atoms. The topological polar surface area (TPSA) is 109 Å². The van der Waals surface area contributed by atoms with Crippen molar-refractivity contribution < 1.29 is 18.7 Å². The van der Waals surface area contributed by atoms with Gasteiger partial charge in [-0.1, -0.05) is 0 Å². The summed E-state index contributed by atoms with van der Waals surface area (Å²) in [4.78, 5) is 22.1. The first kappa shape index (κ1) is 21.0. The minimum atomic E-state index is -2.75. The maximum absolute atomic E-state index is 13.9. The molecule has 2 fully saturated rings. The number of nitrogens with one attached hydrogen (secondary N) is 2. The summed E-state index contributed by atoms with van der Waals surface area (Å²) in [6, 6.07) is 4.10. The van der Waals surface area contributed by atoms with Gasteiger partial charge in [-0.25, -0.2) is 18.7 Å². The number of aliphatic hydroxyl groups is 1. The van der Waals surface area contributed by atoms with Gasteiger partial charge in [-0.15, -0.1) is 0 Å². The highest BCUT2D eigenvalue weighted by Crippen LogP contribution is 2.54. The number of carbonyl (C=O) groups excluding carboxylic acids is 1. The number of alkyl halides is 2. The molecule has 0 saturated heterocycles. The predicted octanol–water partition coefficient (Wildman–Crippen LogP) is 3.01. The summed E-state index contributed by atoms with van der Waals surface area (Å²) < 4.78 is 30.8. The van der Waals surface area contributed by atoms with E-state index in [0.29, 0.717) is 46.6 Å². The van der Waals surface area contributed by atoms with Gasteiger partial charge >= 0.3 is 0 Å². The molecule has 34 heavy (non-hydrogen) atoms. The van der Waals surface area contributed by atoms with Crippen molar-refractivity contribution in [2.75, 3.05) is 12.4 Å². The first-order valence-electron chi connectivity index (χ1n) is 11.3. The lowest BCUT2D eigenvalue weighted by Gasteiger charge is -2.15. The summed E-state index contributed by atoms with van der Waals surface area (Å²) in [5.74, 6) is -2.54. The highest BCUT2D eigenvalue weighted by Gasteiger charge is 2.58. The first-order valence-corrected chi connectivity index (χ1v) is 11.3. The van der Waals surface area contributed by atoms with Gasteiger partial charge in [0.25, 0.3) is 11.8 Å². The number of nitrogens with zero attached hydrogens (tertiary/aromatic N) is 5. The highest BCUT2D eigenvalue weighted by atomic mass is 19.3. The Kier molecular flexibility index (Phi) is 4.60. The van der Waals surface area contributed by atoms with Crippen LogP contribution >= 0.6 is 0 Å². The Labute approximate surface area is 192 Å². The van der Waals surface area contributed by atoms with E-state index in [4.69, 9.17) is 4.98 Å². The number of hydrogen-bond donors (Lipinski definition) is 3. The van der Waals surface area contributed by atoms with E-state index in [-0.39, 0.29) is 23.9 Å². The quantitative estimate of drug-likeness (QED) is 0.416. The average molecular weight is 467 g/mol. The van der Waals surface area contributed by atoms with Crippen LogP contribution in [-0.2, 0) is 0 Å². The molecular formula is C23H23F2N7O2.